The first-order chi connectivity index (χ1) is 12.2. The maximum atomic E-state index is 5.86. The second-order valence-corrected chi connectivity index (χ2v) is 7.16. The van der Waals surface area contributed by atoms with E-state index < -0.39 is 0 Å². The zero-order valence-electron chi connectivity index (χ0n) is 13.1. The Bertz CT molecular complexity index is 1040. The first-order valence-corrected chi connectivity index (χ1v) is 8.96. The van der Waals surface area contributed by atoms with Crippen LogP contribution in [0.5, 0.6) is 0 Å². The van der Waals surface area contributed by atoms with E-state index in [0.717, 1.165) is 26.4 Å². The molecule has 0 aliphatic carbocycles. The molecular formula is C18H14N4O2Os. The number of oxazole rings is 1. The molecule has 0 radical (unpaired) electrons. The van der Waals surface area contributed by atoms with Crippen LogP contribution in [0.2, 0.25) is 0 Å². The molecule has 2 N–H and O–H groups in total. The molecule has 0 spiro atoms. The second-order valence-electron chi connectivity index (χ2n) is 5.53. The number of hydrogen-bond acceptors (Lipinski definition) is 6. The van der Waals surface area contributed by atoms with E-state index in [0.29, 0.717) is 30.5 Å². The molecule has 0 bridgehead atoms. The zero-order chi connectivity index (χ0) is 17.2. The predicted octanol–water partition coefficient (Wildman–Crippen LogP) is 2.65. The van der Waals surface area contributed by atoms with E-state index in [9.17, 15) is 0 Å². The molecule has 0 aliphatic rings. The van der Waals surface area contributed by atoms with Crippen molar-refractivity contribution in [1.29, 1.82) is 0 Å². The SMILES string of the molecule is N[C](=[Os])Cc1nnc(Cc2nc3ccc(-c4ccccc4)cc3o2)o1. The molecule has 4 aromatic rings. The summed E-state index contributed by atoms with van der Waals surface area (Å²) in [5.74, 6) is 1.52. The molecule has 25 heavy (non-hydrogen) atoms. The van der Waals surface area contributed by atoms with Gasteiger partial charge in [-0.1, -0.05) is 30.3 Å². The molecule has 126 valence electrons. The molecule has 0 saturated carbocycles. The average molecular weight is 509 g/mol. The number of rotatable bonds is 5. The van der Waals surface area contributed by atoms with Gasteiger partial charge in [0, 0.05) is 0 Å². The van der Waals surface area contributed by atoms with Crippen LogP contribution >= 0.6 is 0 Å². The van der Waals surface area contributed by atoms with E-state index in [1.165, 1.54) is 0 Å². The third kappa shape index (κ3) is 3.63. The van der Waals surface area contributed by atoms with Gasteiger partial charge in [-0.05, 0) is 0 Å². The Morgan fingerprint density at radius 1 is 0.920 bits per heavy atom. The number of nitrogens with zero attached hydrogens (tertiary/aromatic N) is 3. The Hall–Kier alpha value is -2.48. The van der Waals surface area contributed by atoms with Crippen molar-refractivity contribution in [2.75, 3.05) is 0 Å². The van der Waals surface area contributed by atoms with Crippen molar-refractivity contribution in [1.82, 2.24) is 15.2 Å². The Kier molecular flexibility index (Phi) is 4.35. The minimum atomic E-state index is 0.355. The van der Waals surface area contributed by atoms with Crippen LogP contribution in [0.25, 0.3) is 22.2 Å². The third-order valence-corrected chi connectivity index (χ3v) is 4.12. The van der Waals surface area contributed by atoms with Gasteiger partial charge in [0.1, 0.15) is 0 Å². The Morgan fingerprint density at radius 3 is 2.52 bits per heavy atom. The fourth-order valence-corrected chi connectivity index (χ4v) is 2.94. The van der Waals surface area contributed by atoms with Crippen molar-refractivity contribution in [2.45, 2.75) is 12.8 Å². The Labute approximate surface area is 153 Å². The minimum absolute atomic E-state index is 0.355. The molecule has 6 nitrogen and oxygen atoms in total. The Balaban J connectivity index is 1.59. The summed E-state index contributed by atoms with van der Waals surface area (Å²) in [4.78, 5) is 4.49. The first kappa shape index (κ1) is 16.0. The first-order valence-electron chi connectivity index (χ1n) is 7.69. The van der Waals surface area contributed by atoms with E-state index in [-0.39, 0.29) is 0 Å². The van der Waals surface area contributed by atoms with Gasteiger partial charge in [0.25, 0.3) is 0 Å². The van der Waals surface area contributed by atoms with E-state index >= 15 is 0 Å². The molecule has 2 aromatic carbocycles. The molecule has 0 aliphatic heterocycles. The molecule has 2 aromatic heterocycles. The number of aromatic nitrogens is 3. The zero-order valence-corrected chi connectivity index (χ0v) is 15.7. The number of nitrogens with two attached hydrogens (primary N) is 1. The third-order valence-electron chi connectivity index (χ3n) is 3.67. The number of benzene rings is 2. The van der Waals surface area contributed by atoms with Crippen molar-refractivity contribution < 1.29 is 27.0 Å². The fraction of sp³-hybridized carbons (Fsp3) is 0.111. The standard InChI is InChI=1S/C18H14N4O2.Os/c19-9-8-16-21-22-18(24-16)11-17-20-14-7-6-13(10-15(14)23-17)12-4-2-1-3-5-12;/h1-7,10H,8,11,19H2;. The van der Waals surface area contributed by atoms with Crippen LogP contribution in [0.3, 0.4) is 0 Å². The van der Waals surface area contributed by atoms with E-state index in [2.05, 4.69) is 27.3 Å². The van der Waals surface area contributed by atoms with E-state index in [1.54, 1.807) is 18.1 Å². The summed E-state index contributed by atoms with van der Waals surface area (Å²) < 4.78 is 12.2. The van der Waals surface area contributed by atoms with Gasteiger partial charge in [-0.3, -0.25) is 0 Å². The van der Waals surface area contributed by atoms with Crippen molar-refractivity contribution >= 4 is 15.3 Å². The van der Waals surface area contributed by atoms with Crippen molar-refractivity contribution in [3.8, 4) is 11.1 Å². The molecule has 7 heteroatoms. The van der Waals surface area contributed by atoms with Gasteiger partial charge >= 0.3 is 123 Å². The van der Waals surface area contributed by atoms with Gasteiger partial charge in [0.15, 0.2) is 0 Å². The van der Waals surface area contributed by atoms with Crippen molar-refractivity contribution in [3.05, 3.63) is 66.2 Å². The summed E-state index contributed by atoms with van der Waals surface area (Å²) in [6.45, 7) is 0. The molecule has 0 unspecified atom stereocenters. The topological polar surface area (TPSA) is 91.0 Å². The normalized spacial score (nSPS) is 11.1. The van der Waals surface area contributed by atoms with Gasteiger partial charge in [0.2, 0.25) is 0 Å². The number of fused-ring (bicyclic) bond motifs is 1. The van der Waals surface area contributed by atoms with Crippen LogP contribution in [0.1, 0.15) is 17.7 Å². The van der Waals surface area contributed by atoms with E-state index in [4.69, 9.17) is 14.6 Å². The van der Waals surface area contributed by atoms with Crippen LogP contribution in [0.15, 0.2) is 57.4 Å². The van der Waals surface area contributed by atoms with Gasteiger partial charge in [0.05, 0.1) is 0 Å². The summed E-state index contributed by atoms with van der Waals surface area (Å²) in [5.41, 5.74) is 9.44. The van der Waals surface area contributed by atoms with Crippen molar-refractivity contribution in [3.63, 3.8) is 0 Å². The molecule has 4 rings (SSSR count). The quantitative estimate of drug-likeness (QED) is 0.446. The Morgan fingerprint density at radius 2 is 1.72 bits per heavy atom. The second kappa shape index (κ2) is 6.79. The maximum absolute atomic E-state index is 5.86. The summed E-state index contributed by atoms with van der Waals surface area (Å²) >= 11 is 1.61. The molecular weight excluding hydrogens is 494 g/mol. The van der Waals surface area contributed by atoms with Gasteiger partial charge in [-0.25, -0.2) is 0 Å². The number of hydrogen-bond donors (Lipinski definition) is 1. The summed E-state index contributed by atoms with van der Waals surface area (Å²) in [7, 11) is 0. The van der Waals surface area contributed by atoms with Crippen LogP contribution in [-0.4, -0.2) is 19.4 Å². The summed E-state index contributed by atoms with van der Waals surface area (Å²) in [6, 6.07) is 16.1. The molecule has 0 fully saturated rings. The molecule has 0 atom stereocenters. The predicted molar refractivity (Wildman–Crippen MR) is 89.4 cm³/mol. The molecule has 0 saturated heterocycles. The van der Waals surface area contributed by atoms with Crippen LogP contribution in [0, 0.1) is 0 Å². The average Bonchev–Trinajstić information content (AvgIpc) is 3.20. The monoisotopic (exact) mass is 510 g/mol. The molecule has 0 amide bonds. The van der Waals surface area contributed by atoms with Gasteiger partial charge in [-0.15, -0.1) is 0 Å². The van der Waals surface area contributed by atoms with Crippen LogP contribution in [-0.2, 0) is 31.0 Å². The van der Waals surface area contributed by atoms with Gasteiger partial charge in [-0.2, -0.15) is 0 Å². The van der Waals surface area contributed by atoms with Gasteiger partial charge < -0.3 is 0 Å². The summed E-state index contributed by atoms with van der Waals surface area (Å²) in [6.07, 6.45) is 0.841. The van der Waals surface area contributed by atoms with Crippen molar-refractivity contribution in [2.24, 2.45) is 5.73 Å². The van der Waals surface area contributed by atoms with Crippen LogP contribution < -0.4 is 5.73 Å². The summed E-state index contributed by atoms with van der Waals surface area (Å²) in [5, 5.41) is 8.00. The fourth-order valence-electron chi connectivity index (χ4n) is 2.56. The van der Waals surface area contributed by atoms with E-state index in [1.807, 2.05) is 36.4 Å². The van der Waals surface area contributed by atoms with Crippen LogP contribution in [0.4, 0.5) is 0 Å². The molecule has 2 heterocycles.